The summed E-state index contributed by atoms with van der Waals surface area (Å²) in [5.74, 6) is 0.532. The van der Waals surface area contributed by atoms with Crippen molar-refractivity contribution in [1.29, 1.82) is 0 Å². The molecule has 10 heteroatoms. The summed E-state index contributed by atoms with van der Waals surface area (Å²) in [4.78, 5) is 4.00. The molecule has 1 aromatic rings. The van der Waals surface area contributed by atoms with Gasteiger partial charge in [-0.3, -0.25) is 4.99 Å². The summed E-state index contributed by atoms with van der Waals surface area (Å²) >= 11 is 0. The zero-order chi connectivity index (χ0) is 18.7. The van der Waals surface area contributed by atoms with Gasteiger partial charge in [0.15, 0.2) is 5.96 Å². The van der Waals surface area contributed by atoms with Crippen LogP contribution in [0.1, 0.15) is 5.56 Å². The van der Waals surface area contributed by atoms with Crippen LogP contribution in [0.3, 0.4) is 0 Å². The number of ether oxygens (including phenoxy) is 2. The van der Waals surface area contributed by atoms with Crippen LogP contribution in [0, 0.1) is 0 Å². The minimum absolute atomic E-state index is 0.0269. The number of nitrogens with one attached hydrogen (secondary N) is 2. The van der Waals surface area contributed by atoms with Crippen LogP contribution in [0.25, 0.3) is 0 Å². The Bertz CT molecular complexity index is 654. The number of alkyl halides is 2. The van der Waals surface area contributed by atoms with Crippen molar-refractivity contribution in [3.8, 4) is 5.75 Å². The van der Waals surface area contributed by atoms with Crippen molar-refractivity contribution < 1.29 is 26.7 Å². The number of nitrogens with zero attached hydrogens (tertiary/aromatic N) is 1. The van der Waals surface area contributed by atoms with E-state index in [1.54, 1.807) is 25.2 Å². The lowest BCUT2D eigenvalue weighted by Gasteiger charge is -2.14. The molecule has 1 rings (SSSR count). The molecule has 0 amide bonds. The van der Waals surface area contributed by atoms with Crippen molar-refractivity contribution in [3.05, 3.63) is 29.8 Å². The van der Waals surface area contributed by atoms with Crippen LogP contribution in [-0.4, -0.2) is 59.8 Å². The number of hydrogen-bond acceptors (Lipinski definition) is 5. The van der Waals surface area contributed by atoms with Crippen LogP contribution in [0.2, 0.25) is 0 Å². The summed E-state index contributed by atoms with van der Waals surface area (Å²) in [7, 11) is -1.46. The number of para-hydroxylation sites is 1. The lowest BCUT2D eigenvalue weighted by Crippen LogP contribution is -2.38. The van der Waals surface area contributed by atoms with Gasteiger partial charge in [-0.15, -0.1) is 0 Å². The van der Waals surface area contributed by atoms with Gasteiger partial charge in [-0.1, -0.05) is 18.2 Å². The van der Waals surface area contributed by atoms with Crippen molar-refractivity contribution in [1.82, 2.24) is 10.6 Å². The fraction of sp³-hybridized carbons (Fsp3) is 0.533. The largest absolute Gasteiger partial charge is 0.434 e. The predicted octanol–water partition coefficient (Wildman–Crippen LogP) is 1.01. The van der Waals surface area contributed by atoms with Crippen molar-refractivity contribution >= 4 is 15.8 Å². The molecular weight excluding hydrogens is 356 g/mol. The van der Waals surface area contributed by atoms with Gasteiger partial charge in [-0.2, -0.15) is 8.78 Å². The Kier molecular flexibility index (Phi) is 9.14. The van der Waals surface area contributed by atoms with Gasteiger partial charge in [0.05, 0.1) is 19.0 Å². The molecular formula is C15H23F2N3O4S. The Labute approximate surface area is 146 Å². The number of benzene rings is 1. The fourth-order valence-electron chi connectivity index (χ4n) is 1.81. The second-order valence-electron chi connectivity index (χ2n) is 5.08. The molecule has 0 heterocycles. The molecule has 142 valence electrons. The van der Waals surface area contributed by atoms with Crippen molar-refractivity contribution in [2.45, 2.75) is 13.2 Å². The van der Waals surface area contributed by atoms with Crippen LogP contribution >= 0.6 is 0 Å². The normalized spacial score (nSPS) is 12.3. The molecule has 1 aromatic carbocycles. The highest BCUT2D eigenvalue weighted by atomic mass is 32.2. The maximum atomic E-state index is 12.4. The number of rotatable bonds is 10. The summed E-state index contributed by atoms with van der Waals surface area (Å²) in [6.45, 7) is -1.79. The van der Waals surface area contributed by atoms with E-state index < -0.39 is 16.4 Å². The van der Waals surface area contributed by atoms with Gasteiger partial charge in [-0.25, -0.2) is 8.42 Å². The third kappa shape index (κ3) is 9.82. The van der Waals surface area contributed by atoms with E-state index in [0.29, 0.717) is 24.7 Å². The van der Waals surface area contributed by atoms with Crippen LogP contribution in [0.5, 0.6) is 5.75 Å². The molecule has 0 radical (unpaired) electrons. The van der Waals surface area contributed by atoms with Gasteiger partial charge in [0.25, 0.3) is 0 Å². The third-order valence-corrected chi connectivity index (χ3v) is 3.90. The second kappa shape index (κ2) is 10.8. The van der Waals surface area contributed by atoms with E-state index in [2.05, 4.69) is 20.4 Å². The summed E-state index contributed by atoms with van der Waals surface area (Å²) in [6, 6.07) is 6.48. The van der Waals surface area contributed by atoms with Crippen molar-refractivity contribution in [2.24, 2.45) is 4.99 Å². The van der Waals surface area contributed by atoms with E-state index in [4.69, 9.17) is 4.74 Å². The SMILES string of the molecule is CN=C(NCCOCCS(C)(=O)=O)NCc1ccccc1OC(F)F. The second-order valence-corrected chi connectivity index (χ2v) is 7.34. The van der Waals surface area contributed by atoms with Crippen molar-refractivity contribution in [2.75, 3.05) is 38.8 Å². The fourth-order valence-corrected chi connectivity index (χ4v) is 2.23. The average Bonchev–Trinajstić information content (AvgIpc) is 2.53. The molecule has 0 saturated carbocycles. The average molecular weight is 379 g/mol. The zero-order valence-corrected chi connectivity index (χ0v) is 15.0. The lowest BCUT2D eigenvalue weighted by atomic mass is 10.2. The number of halogens is 2. The summed E-state index contributed by atoms with van der Waals surface area (Å²) in [6.07, 6.45) is 1.15. The van der Waals surface area contributed by atoms with E-state index in [1.165, 1.54) is 6.07 Å². The Morgan fingerprint density at radius 2 is 1.96 bits per heavy atom. The predicted molar refractivity (Wildman–Crippen MR) is 91.8 cm³/mol. The Morgan fingerprint density at radius 1 is 1.24 bits per heavy atom. The Hall–Kier alpha value is -1.94. The summed E-state index contributed by atoms with van der Waals surface area (Å²) in [5.41, 5.74) is 0.565. The Morgan fingerprint density at radius 3 is 2.60 bits per heavy atom. The molecule has 0 aliphatic heterocycles. The molecule has 0 aromatic heterocycles. The number of sulfone groups is 1. The zero-order valence-electron chi connectivity index (χ0n) is 14.2. The smallest absolute Gasteiger partial charge is 0.387 e. The van der Waals surface area contributed by atoms with Gasteiger partial charge in [0.2, 0.25) is 0 Å². The van der Waals surface area contributed by atoms with Gasteiger partial charge in [0.1, 0.15) is 15.6 Å². The van der Waals surface area contributed by atoms with E-state index >= 15 is 0 Å². The molecule has 25 heavy (non-hydrogen) atoms. The highest BCUT2D eigenvalue weighted by Gasteiger charge is 2.09. The first-order valence-corrected chi connectivity index (χ1v) is 9.60. The number of aliphatic imine (C=N–C) groups is 1. The molecule has 0 bridgehead atoms. The highest BCUT2D eigenvalue weighted by molar-refractivity contribution is 7.90. The van der Waals surface area contributed by atoms with Crippen LogP contribution in [0.15, 0.2) is 29.3 Å². The van der Waals surface area contributed by atoms with E-state index in [0.717, 1.165) is 6.26 Å². The maximum absolute atomic E-state index is 12.4. The third-order valence-electron chi connectivity index (χ3n) is 3.00. The Balaban J connectivity index is 2.35. The molecule has 0 saturated heterocycles. The monoisotopic (exact) mass is 379 g/mol. The molecule has 0 spiro atoms. The first kappa shape index (κ1) is 21.1. The molecule has 7 nitrogen and oxygen atoms in total. The molecule has 0 atom stereocenters. The van der Waals surface area contributed by atoms with Crippen molar-refractivity contribution in [3.63, 3.8) is 0 Å². The topological polar surface area (TPSA) is 89.0 Å². The minimum atomic E-state index is -3.03. The highest BCUT2D eigenvalue weighted by Crippen LogP contribution is 2.19. The molecule has 0 aliphatic rings. The van der Waals surface area contributed by atoms with Gasteiger partial charge < -0.3 is 20.1 Å². The minimum Gasteiger partial charge on any atom is -0.434 e. The van der Waals surface area contributed by atoms with E-state index in [-0.39, 0.29) is 24.7 Å². The lowest BCUT2D eigenvalue weighted by molar-refractivity contribution is -0.0504. The van der Waals surface area contributed by atoms with E-state index in [9.17, 15) is 17.2 Å². The number of hydrogen-bond donors (Lipinski definition) is 2. The molecule has 2 N–H and O–H groups in total. The first-order valence-electron chi connectivity index (χ1n) is 7.54. The molecule has 0 fully saturated rings. The first-order chi connectivity index (χ1) is 11.8. The van der Waals surface area contributed by atoms with Crippen LogP contribution < -0.4 is 15.4 Å². The summed E-state index contributed by atoms with van der Waals surface area (Å²) < 4.78 is 56.3. The van der Waals surface area contributed by atoms with Gasteiger partial charge in [-0.05, 0) is 6.07 Å². The van der Waals surface area contributed by atoms with Crippen LogP contribution in [0.4, 0.5) is 8.78 Å². The van der Waals surface area contributed by atoms with Crippen LogP contribution in [-0.2, 0) is 21.1 Å². The summed E-state index contributed by atoms with van der Waals surface area (Å²) in [5, 5.41) is 5.95. The molecule has 0 aliphatic carbocycles. The maximum Gasteiger partial charge on any atom is 0.387 e. The van der Waals surface area contributed by atoms with E-state index in [1.807, 2.05) is 0 Å². The standard InChI is InChI=1S/C15H23F2N3O4S/c1-18-15(19-7-8-23-9-10-25(2,21)22)20-11-12-5-3-4-6-13(12)24-14(16)17/h3-6,14H,7-11H2,1-2H3,(H2,18,19,20). The van der Waals surface area contributed by atoms with Gasteiger partial charge in [0, 0.05) is 32.0 Å². The molecule has 0 unspecified atom stereocenters. The number of guanidine groups is 1. The van der Waals surface area contributed by atoms with Gasteiger partial charge >= 0.3 is 6.61 Å². The quantitative estimate of drug-likeness (QED) is 0.358.